The number of aromatic nitrogens is 3. The van der Waals surface area contributed by atoms with Gasteiger partial charge in [-0.1, -0.05) is 5.21 Å². The number of carbonyl (C=O) groups is 1. The van der Waals surface area contributed by atoms with Crippen LogP contribution < -0.4 is 5.32 Å². The molecule has 102 valence electrons. The fraction of sp³-hybridized carbons (Fsp3) is 0.625. The molecule has 1 aromatic rings. The molecular formula is C8H9F5N4O. The smallest absolute Gasteiger partial charge is 0.350 e. The van der Waals surface area contributed by atoms with Gasteiger partial charge in [-0.15, -0.1) is 5.10 Å². The van der Waals surface area contributed by atoms with Gasteiger partial charge in [0.2, 0.25) is 0 Å². The van der Waals surface area contributed by atoms with E-state index in [0.29, 0.717) is 0 Å². The number of aryl methyl sites for hydroxylation is 1. The molecular weight excluding hydrogens is 263 g/mol. The predicted molar refractivity (Wildman–Crippen MR) is 48.7 cm³/mol. The van der Waals surface area contributed by atoms with E-state index >= 15 is 0 Å². The highest BCUT2D eigenvalue weighted by Crippen LogP contribution is 2.35. The van der Waals surface area contributed by atoms with Crippen LogP contribution >= 0.6 is 0 Å². The van der Waals surface area contributed by atoms with Crippen LogP contribution in [0.5, 0.6) is 0 Å². The van der Waals surface area contributed by atoms with Crippen molar-refractivity contribution in [3.8, 4) is 0 Å². The second kappa shape index (κ2) is 5.27. The Hall–Kier alpha value is -1.74. The second-order valence-electron chi connectivity index (χ2n) is 3.35. The molecule has 0 aliphatic carbocycles. The molecule has 5 nitrogen and oxygen atoms in total. The van der Waals surface area contributed by atoms with Crippen molar-refractivity contribution in [1.82, 2.24) is 20.3 Å². The zero-order valence-corrected chi connectivity index (χ0v) is 8.92. The van der Waals surface area contributed by atoms with Crippen molar-refractivity contribution < 1.29 is 26.7 Å². The van der Waals surface area contributed by atoms with Gasteiger partial charge >= 0.3 is 12.1 Å². The van der Waals surface area contributed by atoms with E-state index in [1.807, 2.05) is 0 Å². The molecule has 0 bridgehead atoms. The van der Waals surface area contributed by atoms with E-state index < -0.39 is 18.0 Å². The average Bonchev–Trinajstić information content (AvgIpc) is 2.75. The summed E-state index contributed by atoms with van der Waals surface area (Å²) < 4.78 is 61.6. The molecule has 1 aromatic heterocycles. The molecule has 0 aromatic carbocycles. The van der Waals surface area contributed by atoms with Gasteiger partial charge in [-0.3, -0.25) is 9.48 Å². The maximum absolute atomic E-state index is 12.5. The van der Waals surface area contributed by atoms with Crippen molar-refractivity contribution in [3.63, 3.8) is 0 Å². The van der Waals surface area contributed by atoms with Crippen molar-refractivity contribution >= 4 is 5.91 Å². The standard InChI is InChI=1S/C8H9F5N4O/c9-7(10,8(11,12)13)6(18)14-2-1-4-17-5-3-15-16-17/h3,5H,1-2,4H2,(H,14,18). The monoisotopic (exact) mass is 272 g/mol. The summed E-state index contributed by atoms with van der Waals surface area (Å²) in [5.74, 6) is -7.73. The molecule has 1 heterocycles. The first-order valence-electron chi connectivity index (χ1n) is 4.82. The van der Waals surface area contributed by atoms with Gasteiger partial charge in [0.05, 0.1) is 6.20 Å². The highest BCUT2D eigenvalue weighted by Gasteiger charge is 2.63. The fourth-order valence-corrected chi connectivity index (χ4v) is 1.03. The first kappa shape index (κ1) is 14.3. The van der Waals surface area contributed by atoms with Gasteiger partial charge < -0.3 is 5.32 Å². The first-order valence-corrected chi connectivity index (χ1v) is 4.82. The van der Waals surface area contributed by atoms with Crippen LogP contribution in [-0.4, -0.2) is 39.5 Å². The number of alkyl halides is 5. The lowest BCUT2D eigenvalue weighted by Gasteiger charge is -2.18. The Morgan fingerprint density at radius 3 is 2.44 bits per heavy atom. The third-order valence-electron chi connectivity index (χ3n) is 1.96. The van der Waals surface area contributed by atoms with Crippen LogP contribution in [0.1, 0.15) is 6.42 Å². The summed E-state index contributed by atoms with van der Waals surface area (Å²) >= 11 is 0. The summed E-state index contributed by atoms with van der Waals surface area (Å²) in [6.07, 6.45) is -2.85. The lowest BCUT2D eigenvalue weighted by Crippen LogP contribution is -2.50. The van der Waals surface area contributed by atoms with Gasteiger partial charge in [0.25, 0.3) is 5.91 Å². The Labute approximate surface area is 98.0 Å². The quantitative estimate of drug-likeness (QED) is 0.642. The SMILES string of the molecule is O=C(NCCCn1ccnn1)C(F)(F)C(F)(F)F. The van der Waals surface area contributed by atoms with E-state index in [0.717, 1.165) is 0 Å². The number of nitrogens with one attached hydrogen (secondary N) is 1. The van der Waals surface area contributed by atoms with Crippen molar-refractivity contribution in [2.45, 2.75) is 25.1 Å². The second-order valence-corrected chi connectivity index (χ2v) is 3.35. The molecule has 10 heteroatoms. The Morgan fingerprint density at radius 1 is 1.28 bits per heavy atom. The summed E-state index contributed by atoms with van der Waals surface area (Å²) in [6.45, 7) is -0.0672. The Bertz CT molecular complexity index is 389. The van der Waals surface area contributed by atoms with E-state index in [9.17, 15) is 26.7 Å². The maximum Gasteiger partial charge on any atom is 0.463 e. The molecule has 0 aliphatic heterocycles. The number of carbonyl (C=O) groups excluding carboxylic acids is 1. The van der Waals surface area contributed by atoms with Crippen LogP contribution in [0.3, 0.4) is 0 Å². The molecule has 0 radical (unpaired) electrons. The van der Waals surface area contributed by atoms with Crippen molar-refractivity contribution in [1.29, 1.82) is 0 Å². The molecule has 0 fully saturated rings. The molecule has 0 aliphatic rings. The molecule has 1 amide bonds. The van der Waals surface area contributed by atoms with Crippen LogP contribution in [0, 0.1) is 0 Å². The highest BCUT2D eigenvalue weighted by atomic mass is 19.4. The van der Waals surface area contributed by atoms with Crippen LogP contribution in [0.4, 0.5) is 22.0 Å². The Balaban J connectivity index is 2.33. The summed E-state index contributed by atoms with van der Waals surface area (Å²) in [6, 6.07) is 0. The molecule has 0 atom stereocenters. The van der Waals surface area contributed by atoms with E-state index in [2.05, 4.69) is 10.3 Å². The number of halogens is 5. The number of hydrogen-bond acceptors (Lipinski definition) is 3. The third-order valence-corrected chi connectivity index (χ3v) is 1.96. The number of rotatable bonds is 5. The summed E-state index contributed by atoms with van der Waals surface area (Å²) in [7, 11) is 0. The van der Waals surface area contributed by atoms with Gasteiger partial charge in [-0.25, -0.2) is 0 Å². The predicted octanol–water partition coefficient (Wildman–Crippen LogP) is 0.982. The minimum absolute atomic E-state index is 0.156. The number of hydrogen-bond donors (Lipinski definition) is 1. The summed E-state index contributed by atoms with van der Waals surface area (Å²) in [4.78, 5) is 10.7. The lowest BCUT2D eigenvalue weighted by molar-refractivity contribution is -0.269. The number of amides is 1. The molecule has 1 rings (SSSR count). The van der Waals surface area contributed by atoms with Gasteiger partial charge in [-0.2, -0.15) is 22.0 Å². The van der Waals surface area contributed by atoms with Gasteiger partial charge in [-0.05, 0) is 6.42 Å². The first-order chi connectivity index (χ1) is 8.25. The Kier molecular flexibility index (Phi) is 4.19. The summed E-state index contributed by atoms with van der Waals surface area (Å²) in [5, 5.41) is 8.53. The van der Waals surface area contributed by atoms with Gasteiger partial charge in [0, 0.05) is 19.3 Å². The van der Waals surface area contributed by atoms with Crippen LogP contribution in [0.25, 0.3) is 0 Å². The third kappa shape index (κ3) is 3.37. The number of nitrogens with zero attached hydrogens (tertiary/aromatic N) is 3. The highest BCUT2D eigenvalue weighted by molar-refractivity contribution is 5.84. The van der Waals surface area contributed by atoms with E-state index in [1.165, 1.54) is 22.4 Å². The minimum Gasteiger partial charge on any atom is -0.350 e. The van der Waals surface area contributed by atoms with Crippen molar-refractivity contribution in [2.24, 2.45) is 0 Å². The van der Waals surface area contributed by atoms with Crippen LogP contribution in [0.2, 0.25) is 0 Å². The van der Waals surface area contributed by atoms with Crippen molar-refractivity contribution in [3.05, 3.63) is 12.4 Å². The summed E-state index contributed by atoms with van der Waals surface area (Å²) in [5.41, 5.74) is 0. The molecule has 0 saturated carbocycles. The van der Waals surface area contributed by atoms with E-state index in [4.69, 9.17) is 0 Å². The van der Waals surface area contributed by atoms with Gasteiger partial charge in [0.1, 0.15) is 0 Å². The Morgan fingerprint density at radius 2 is 1.94 bits per heavy atom. The molecule has 0 saturated heterocycles. The normalized spacial score (nSPS) is 12.5. The van der Waals surface area contributed by atoms with Crippen molar-refractivity contribution in [2.75, 3.05) is 6.54 Å². The molecule has 18 heavy (non-hydrogen) atoms. The maximum atomic E-state index is 12.5. The zero-order valence-electron chi connectivity index (χ0n) is 8.92. The largest absolute Gasteiger partial charge is 0.463 e. The average molecular weight is 272 g/mol. The molecule has 1 N–H and O–H groups in total. The fourth-order valence-electron chi connectivity index (χ4n) is 1.03. The molecule has 0 spiro atoms. The van der Waals surface area contributed by atoms with Crippen LogP contribution in [-0.2, 0) is 11.3 Å². The van der Waals surface area contributed by atoms with Crippen LogP contribution in [0.15, 0.2) is 12.4 Å². The van der Waals surface area contributed by atoms with E-state index in [-0.39, 0.29) is 19.5 Å². The zero-order chi connectivity index (χ0) is 13.8. The lowest BCUT2D eigenvalue weighted by atomic mass is 10.3. The molecule has 0 unspecified atom stereocenters. The topological polar surface area (TPSA) is 59.8 Å². The van der Waals surface area contributed by atoms with Gasteiger partial charge in [0.15, 0.2) is 0 Å². The van der Waals surface area contributed by atoms with E-state index in [1.54, 1.807) is 0 Å². The minimum atomic E-state index is -5.89.